The van der Waals surface area contributed by atoms with Gasteiger partial charge in [0.2, 0.25) is 0 Å². The lowest BCUT2D eigenvalue weighted by molar-refractivity contribution is -0.141. The molecule has 0 aromatic heterocycles. The van der Waals surface area contributed by atoms with Gasteiger partial charge in [-0.2, -0.15) is 0 Å². The Morgan fingerprint density at radius 2 is 2.00 bits per heavy atom. The van der Waals surface area contributed by atoms with Gasteiger partial charge in [0.1, 0.15) is 6.10 Å². The van der Waals surface area contributed by atoms with Crippen molar-refractivity contribution in [3.63, 3.8) is 0 Å². The number of ether oxygens (including phenoxy) is 1. The Morgan fingerprint density at radius 1 is 1.27 bits per heavy atom. The van der Waals surface area contributed by atoms with Gasteiger partial charge < -0.3 is 9.84 Å². The summed E-state index contributed by atoms with van der Waals surface area (Å²) in [6.07, 6.45) is 1.79. The van der Waals surface area contributed by atoms with Gasteiger partial charge in [-0.15, -0.1) is 0 Å². The fraction of sp³-hybridized carbons (Fsp3) is 0.250. The van der Waals surface area contributed by atoms with E-state index in [9.17, 15) is 4.79 Å². The van der Waals surface area contributed by atoms with E-state index in [1.807, 2.05) is 30.3 Å². The first kappa shape index (κ1) is 9.93. The number of carbonyl (C=O) groups is 1. The van der Waals surface area contributed by atoms with Crippen molar-refractivity contribution < 1.29 is 14.6 Å². The molecule has 1 unspecified atom stereocenters. The van der Waals surface area contributed by atoms with Crippen molar-refractivity contribution in [2.75, 3.05) is 6.61 Å². The summed E-state index contributed by atoms with van der Waals surface area (Å²) in [7, 11) is 0. The molecule has 1 atom stereocenters. The van der Waals surface area contributed by atoms with Gasteiger partial charge in [-0.1, -0.05) is 30.3 Å². The molecule has 0 bridgehead atoms. The molecule has 0 radical (unpaired) electrons. The minimum absolute atomic E-state index is 0.149. The third-order valence-corrected chi connectivity index (χ3v) is 2.33. The van der Waals surface area contributed by atoms with Crippen molar-refractivity contribution >= 4 is 5.97 Å². The van der Waals surface area contributed by atoms with Crippen LogP contribution in [0.2, 0.25) is 0 Å². The fourth-order valence-corrected chi connectivity index (χ4v) is 1.58. The zero-order valence-electron chi connectivity index (χ0n) is 8.22. The molecule has 0 saturated carbocycles. The molecule has 15 heavy (non-hydrogen) atoms. The van der Waals surface area contributed by atoms with Gasteiger partial charge >= 0.3 is 5.97 Å². The number of benzene rings is 1. The first-order valence-electron chi connectivity index (χ1n) is 4.86. The maximum atomic E-state index is 11.3. The van der Waals surface area contributed by atoms with E-state index in [0.717, 1.165) is 5.56 Å². The number of aliphatic hydroxyl groups is 1. The molecule has 0 aliphatic carbocycles. The third-order valence-electron chi connectivity index (χ3n) is 2.33. The summed E-state index contributed by atoms with van der Waals surface area (Å²) < 4.78 is 4.91. The van der Waals surface area contributed by atoms with Crippen LogP contribution in [0, 0.1) is 0 Å². The number of hydrogen-bond acceptors (Lipinski definition) is 3. The van der Waals surface area contributed by atoms with Gasteiger partial charge in [0.05, 0.1) is 6.61 Å². The predicted molar refractivity (Wildman–Crippen MR) is 55.2 cm³/mol. The van der Waals surface area contributed by atoms with Crippen LogP contribution in [0.3, 0.4) is 0 Å². The molecule has 0 amide bonds. The molecule has 0 saturated heterocycles. The van der Waals surface area contributed by atoms with Crippen molar-refractivity contribution in [3.8, 4) is 0 Å². The molecule has 1 N–H and O–H groups in total. The lowest BCUT2D eigenvalue weighted by atomic mass is 10.1. The van der Waals surface area contributed by atoms with Gasteiger partial charge in [-0.05, 0) is 11.6 Å². The highest BCUT2D eigenvalue weighted by Gasteiger charge is 2.24. The average molecular weight is 204 g/mol. The highest BCUT2D eigenvalue weighted by Crippen LogP contribution is 2.17. The maximum absolute atomic E-state index is 11.3. The standard InChI is InChI=1S/C12H12O3/c13-8-11-7-10(12(14)15-11)6-9-4-2-1-3-5-9/h1-5,7,11,13H,6,8H2. The first-order valence-corrected chi connectivity index (χ1v) is 4.86. The average Bonchev–Trinajstić information content (AvgIpc) is 2.61. The predicted octanol–water partition coefficient (Wildman–Crippen LogP) is 1.07. The third kappa shape index (κ3) is 2.25. The number of aliphatic hydroxyl groups excluding tert-OH is 1. The fourth-order valence-electron chi connectivity index (χ4n) is 1.58. The number of carbonyl (C=O) groups excluding carboxylic acids is 1. The summed E-state index contributed by atoms with van der Waals surface area (Å²) in [6, 6.07) is 9.71. The minimum atomic E-state index is -0.462. The van der Waals surface area contributed by atoms with E-state index in [1.54, 1.807) is 6.08 Å². The van der Waals surface area contributed by atoms with E-state index in [2.05, 4.69) is 0 Å². The van der Waals surface area contributed by atoms with Crippen LogP contribution < -0.4 is 0 Å². The number of cyclic esters (lactones) is 1. The van der Waals surface area contributed by atoms with Gasteiger partial charge in [0.15, 0.2) is 0 Å². The van der Waals surface area contributed by atoms with Crippen molar-refractivity contribution in [2.45, 2.75) is 12.5 Å². The topological polar surface area (TPSA) is 46.5 Å². The van der Waals surface area contributed by atoms with Gasteiger partial charge in [0.25, 0.3) is 0 Å². The quantitative estimate of drug-likeness (QED) is 0.749. The molecule has 2 rings (SSSR count). The van der Waals surface area contributed by atoms with Crippen LogP contribution in [0.5, 0.6) is 0 Å². The molecule has 3 heteroatoms. The molecule has 1 aliphatic heterocycles. The Kier molecular flexibility index (Phi) is 2.83. The largest absolute Gasteiger partial charge is 0.452 e. The van der Waals surface area contributed by atoms with E-state index in [4.69, 9.17) is 9.84 Å². The molecular weight excluding hydrogens is 192 g/mol. The van der Waals surface area contributed by atoms with Crippen molar-refractivity contribution in [1.29, 1.82) is 0 Å². The van der Waals surface area contributed by atoms with Crippen LogP contribution >= 0.6 is 0 Å². The molecule has 1 aromatic rings. The van der Waals surface area contributed by atoms with Crippen LogP contribution in [0.4, 0.5) is 0 Å². The van der Waals surface area contributed by atoms with Crippen LogP contribution in [-0.2, 0) is 16.0 Å². The molecule has 78 valence electrons. The van der Waals surface area contributed by atoms with Crippen molar-refractivity contribution in [3.05, 3.63) is 47.5 Å². The lowest BCUT2D eigenvalue weighted by Gasteiger charge is -2.01. The van der Waals surface area contributed by atoms with E-state index in [1.165, 1.54) is 0 Å². The number of rotatable bonds is 3. The van der Waals surface area contributed by atoms with E-state index < -0.39 is 6.10 Å². The van der Waals surface area contributed by atoms with Gasteiger partial charge in [-0.3, -0.25) is 0 Å². The summed E-state index contributed by atoms with van der Waals surface area (Å²) in [5.41, 5.74) is 1.69. The van der Waals surface area contributed by atoms with Gasteiger partial charge in [-0.25, -0.2) is 4.79 Å². The molecule has 0 fully saturated rings. The van der Waals surface area contributed by atoms with Crippen LogP contribution in [0.15, 0.2) is 42.0 Å². The molecule has 3 nitrogen and oxygen atoms in total. The minimum Gasteiger partial charge on any atom is -0.452 e. The van der Waals surface area contributed by atoms with E-state index >= 15 is 0 Å². The lowest BCUT2D eigenvalue weighted by Crippen LogP contribution is -2.12. The SMILES string of the molecule is O=C1OC(CO)C=C1Cc1ccccc1. The zero-order chi connectivity index (χ0) is 10.7. The molecule has 1 aliphatic rings. The normalized spacial score (nSPS) is 19.9. The summed E-state index contributed by atoms with van der Waals surface area (Å²) >= 11 is 0. The molecule has 1 heterocycles. The summed E-state index contributed by atoms with van der Waals surface area (Å²) in [5.74, 6) is -0.321. The number of hydrogen-bond donors (Lipinski definition) is 1. The Labute approximate surface area is 88.0 Å². The van der Waals surface area contributed by atoms with E-state index in [0.29, 0.717) is 12.0 Å². The molecule has 1 aromatic carbocycles. The highest BCUT2D eigenvalue weighted by molar-refractivity contribution is 5.91. The van der Waals surface area contributed by atoms with E-state index in [-0.39, 0.29) is 12.6 Å². The zero-order valence-corrected chi connectivity index (χ0v) is 8.22. The maximum Gasteiger partial charge on any atom is 0.334 e. The smallest absolute Gasteiger partial charge is 0.334 e. The monoisotopic (exact) mass is 204 g/mol. The van der Waals surface area contributed by atoms with Crippen LogP contribution in [0.25, 0.3) is 0 Å². The molecular formula is C12H12O3. The second-order valence-electron chi connectivity index (χ2n) is 3.48. The van der Waals surface area contributed by atoms with Crippen LogP contribution in [-0.4, -0.2) is 23.8 Å². The highest BCUT2D eigenvalue weighted by atomic mass is 16.6. The Hall–Kier alpha value is -1.61. The molecule has 0 spiro atoms. The first-order chi connectivity index (χ1) is 7.29. The second-order valence-corrected chi connectivity index (χ2v) is 3.48. The summed E-state index contributed by atoms with van der Waals surface area (Å²) in [5, 5.41) is 8.85. The second kappa shape index (κ2) is 4.28. The summed E-state index contributed by atoms with van der Waals surface area (Å²) in [6.45, 7) is -0.149. The summed E-state index contributed by atoms with van der Waals surface area (Å²) in [4.78, 5) is 11.3. The Morgan fingerprint density at radius 3 is 2.60 bits per heavy atom. The van der Waals surface area contributed by atoms with Crippen molar-refractivity contribution in [1.82, 2.24) is 0 Å². The Balaban J connectivity index is 2.10. The van der Waals surface area contributed by atoms with Crippen molar-refractivity contribution in [2.24, 2.45) is 0 Å². The van der Waals surface area contributed by atoms with Gasteiger partial charge in [0, 0.05) is 12.0 Å². The number of esters is 1. The van der Waals surface area contributed by atoms with Crippen LogP contribution in [0.1, 0.15) is 5.56 Å². The Bertz CT molecular complexity index is 381.